The van der Waals surface area contributed by atoms with E-state index in [1.54, 1.807) is 0 Å². The fourth-order valence-corrected chi connectivity index (χ4v) is 4.55. The van der Waals surface area contributed by atoms with E-state index in [4.69, 9.17) is 5.73 Å². The SMILES string of the molecule is CC(C)CN(C[C@@H](O)C(N)Cc1ccccc1)S(=O)(=O)c1ccc([N+](=O)[O-])cc1. The molecule has 2 atom stereocenters. The van der Waals surface area contributed by atoms with E-state index in [1.807, 2.05) is 44.2 Å². The molecule has 158 valence electrons. The molecule has 2 aromatic carbocycles. The predicted molar refractivity (Wildman–Crippen MR) is 111 cm³/mol. The van der Waals surface area contributed by atoms with Gasteiger partial charge in [0.15, 0.2) is 0 Å². The molecule has 3 N–H and O–H groups in total. The second kappa shape index (κ2) is 9.93. The van der Waals surface area contributed by atoms with Gasteiger partial charge in [0.05, 0.1) is 15.9 Å². The molecule has 2 rings (SSSR count). The fraction of sp³-hybridized carbons (Fsp3) is 0.400. The molecule has 0 aliphatic carbocycles. The Labute approximate surface area is 171 Å². The van der Waals surface area contributed by atoms with E-state index >= 15 is 0 Å². The van der Waals surface area contributed by atoms with E-state index in [0.29, 0.717) is 6.42 Å². The van der Waals surface area contributed by atoms with Gasteiger partial charge < -0.3 is 10.8 Å². The third-order valence-corrected chi connectivity index (χ3v) is 6.30. The van der Waals surface area contributed by atoms with Crippen molar-refractivity contribution in [3.05, 3.63) is 70.3 Å². The van der Waals surface area contributed by atoms with Crippen LogP contribution in [-0.2, 0) is 16.4 Å². The van der Waals surface area contributed by atoms with Gasteiger partial charge in [-0.15, -0.1) is 0 Å². The lowest BCUT2D eigenvalue weighted by Gasteiger charge is -2.28. The maximum absolute atomic E-state index is 13.1. The Morgan fingerprint density at radius 2 is 1.66 bits per heavy atom. The molecule has 0 fully saturated rings. The highest BCUT2D eigenvalue weighted by Gasteiger charge is 2.29. The maximum Gasteiger partial charge on any atom is 0.269 e. The van der Waals surface area contributed by atoms with E-state index in [9.17, 15) is 23.6 Å². The number of sulfonamides is 1. The summed E-state index contributed by atoms with van der Waals surface area (Å²) in [6.07, 6.45) is -0.656. The van der Waals surface area contributed by atoms with Crippen LogP contribution in [0, 0.1) is 16.0 Å². The van der Waals surface area contributed by atoms with Crippen LogP contribution in [0.4, 0.5) is 5.69 Å². The van der Waals surface area contributed by atoms with Crippen molar-refractivity contribution in [2.24, 2.45) is 11.7 Å². The molecule has 9 heteroatoms. The van der Waals surface area contributed by atoms with Crippen LogP contribution in [0.25, 0.3) is 0 Å². The Hall–Kier alpha value is -2.33. The number of hydrogen-bond acceptors (Lipinski definition) is 6. The van der Waals surface area contributed by atoms with E-state index in [-0.39, 0.29) is 29.6 Å². The molecule has 2 aromatic rings. The number of hydrogen-bond donors (Lipinski definition) is 2. The molecular formula is C20H27N3O5S. The molecule has 0 saturated carbocycles. The molecule has 0 radical (unpaired) electrons. The van der Waals surface area contributed by atoms with Gasteiger partial charge in [-0.05, 0) is 30.0 Å². The predicted octanol–water partition coefficient (Wildman–Crippen LogP) is 2.17. The van der Waals surface area contributed by atoms with Crippen molar-refractivity contribution in [1.29, 1.82) is 0 Å². The van der Waals surface area contributed by atoms with Gasteiger partial charge in [-0.1, -0.05) is 44.2 Å². The van der Waals surface area contributed by atoms with Gasteiger partial charge >= 0.3 is 0 Å². The molecule has 29 heavy (non-hydrogen) atoms. The number of rotatable bonds is 10. The summed E-state index contributed by atoms with van der Waals surface area (Å²) in [6.45, 7) is 3.77. The first-order valence-electron chi connectivity index (χ1n) is 9.33. The molecular weight excluding hydrogens is 394 g/mol. The largest absolute Gasteiger partial charge is 0.390 e. The monoisotopic (exact) mass is 421 g/mol. The number of nitrogens with zero attached hydrogens (tertiary/aromatic N) is 2. The van der Waals surface area contributed by atoms with E-state index < -0.39 is 27.1 Å². The van der Waals surface area contributed by atoms with Gasteiger partial charge in [0, 0.05) is 31.3 Å². The van der Waals surface area contributed by atoms with Crippen LogP contribution >= 0.6 is 0 Å². The number of nitrogens with two attached hydrogens (primary N) is 1. The summed E-state index contributed by atoms with van der Waals surface area (Å²) < 4.78 is 27.3. The normalized spacial score (nSPS) is 14.1. The van der Waals surface area contributed by atoms with Crippen molar-refractivity contribution in [3.8, 4) is 0 Å². The second-order valence-electron chi connectivity index (χ2n) is 7.39. The summed E-state index contributed by atoms with van der Waals surface area (Å²) in [4.78, 5) is 10.2. The fourth-order valence-electron chi connectivity index (χ4n) is 2.93. The third kappa shape index (κ3) is 6.33. The number of benzene rings is 2. The van der Waals surface area contributed by atoms with Gasteiger partial charge in [-0.3, -0.25) is 10.1 Å². The molecule has 0 spiro atoms. The number of aliphatic hydroxyl groups is 1. The standard InChI is InChI=1S/C20H27N3O5S/c1-15(2)13-22(14-20(24)19(21)12-16-6-4-3-5-7-16)29(27,28)18-10-8-17(9-11-18)23(25)26/h3-11,15,19-20,24H,12-14,21H2,1-2H3/t19?,20-/m1/s1. The highest BCUT2D eigenvalue weighted by Crippen LogP contribution is 2.21. The summed E-state index contributed by atoms with van der Waals surface area (Å²) in [5.41, 5.74) is 6.88. The van der Waals surface area contributed by atoms with Crippen LogP contribution in [0.2, 0.25) is 0 Å². The number of nitro groups is 1. The zero-order valence-electron chi connectivity index (χ0n) is 16.5. The molecule has 8 nitrogen and oxygen atoms in total. The second-order valence-corrected chi connectivity index (χ2v) is 9.33. The zero-order valence-corrected chi connectivity index (χ0v) is 17.3. The van der Waals surface area contributed by atoms with Crippen molar-refractivity contribution in [1.82, 2.24) is 4.31 Å². The van der Waals surface area contributed by atoms with Crippen LogP contribution < -0.4 is 5.73 Å². The van der Waals surface area contributed by atoms with E-state index in [2.05, 4.69) is 0 Å². The lowest BCUT2D eigenvalue weighted by atomic mass is 10.0. The molecule has 1 unspecified atom stereocenters. The molecule has 0 aliphatic rings. The molecule has 0 heterocycles. The quantitative estimate of drug-likeness (QED) is 0.447. The van der Waals surface area contributed by atoms with Gasteiger partial charge in [-0.2, -0.15) is 4.31 Å². The van der Waals surface area contributed by atoms with Crippen LogP contribution in [-0.4, -0.2) is 48.0 Å². The van der Waals surface area contributed by atoms with E-state index in [1.165, 1.54) is 16.4 Å². The molecule has 0 amide bonds. The maximum atomic E-state index is 13.1. The van der Waals surface area contributed by atoms with Crippen LogP contribution in [0.15, 0.2) is 59.5 Å². The van der Waals surface area contributed by atoms with Crippen LogP contribution in [0.3, 0.4) is 0 Å². The highest BCUT2D eigenvalue weighted by atomic mass is 32.2. The minimum absolute atomic E-state index is 0.0142. The van der Waals surface area contributed by atoms with Crippen molar-refractivity contribution in [2.45, 2.75) is 37.3 Å². The number of aliphatic hydroxyl groups excluding tert-OH is 1. The Kier molecular flexibility index (Phi) is 7.86. The third-order valence-electron chi connectivity index (χ3n) is 4.45. The Bertz CT molecular complexity index is 901. The average Bonchev–Trinajstić information content (AvgIpc) is 2.67. The Morgan fingerprint density at radius 3 is 2.17 bits per heavy atom. The molecule has 0 aromatic heterocycles. The van der Waals surface area contributed by atoms with Gasteiger partial charge in [0.1, 0.15) is 0 Å². The van der Waals surface area contributed by atoms with Crippen LogP contribution in [0.1, 0.15) is 19.4 Å². The minimum atomic E-state index is -3.94. The Morgan fingerprint density at radius 1 is 1.07 bits per heavy atom. The van der Waals surface area contributed by atoms with Crippen molar-refractivity contribution < 1.29 is 18.4 Å². The smallest absolute Gasteiger partial charge is 0.269 e. The Balaban J connectivity index is 2.19. The minimum Gasteiger partial charge on any atom is -0.390 e. The summed E-state index contributed by atoms with van der Waals surface area (Å²) in [5.74, 6) is 0.0142. The summed E-state index contributed by atoms with van der Waals surface area (Å²) in [6, 6.07) is 13.5. The van der Waals surface area contributed by atoms with Crippen LogP contribution in [0.5, 0.6) is 0 Å². The van der Waals surface area contributed by atoms with E-state index in [0.717, 1.165) is 17.7 Å². The first-order chi connectivity index (χ1) is 13.6. The summed E-state index contributed by atoms with van der Waals surface area (Å²) >= 11 is 0. The number of non-ortho nitro benzene ring substituents is 1. The molecule has 0 saturated heterocycles. The lowest BCUT2D eigenvalue weighted by molar-refractivity contribution is -0.384. The van der Waals surface area contributed by atoms with Gasteiger partial charge in [-0.25, -0.2) is 8.42 Å². The molecule has 0 aliphatic heterocycles. The van der Waals surface area contributed by atoms with Crippen molar-refractivity contribution in [2.75, 3.05) is 13.1 Å². The molecule has 0 bridgehead atoms. The van der Waals surface area contributed by atoms with Crippen molar-refractivity contribution >= 4 is 15.7 Å². The van der Waals surface area contributed by atoms with Gasteiger partial charge in [0.25, 0.3) is 5.69 Å². The summed E-state index contributed by atoms with van der Waals surface area (Å²) in [5, 5.41) is 21.4. The average molecular weight is 422 g/mol. The lowest BCUT2D eigenvalue weighted by Crippen LogP contribution is -2.47. The first-order valence-corrected chi connectivity index (χ1v) is 10.8. The number of nitro benzene ring substituents is 1. The summed E-state index contributed by atoms with van der Waals surface area (Å²) in [7, 11) is -3.94. The van der Waals surface area contributed by atoms with Crippen molar-refractivity contribution in [3.63, 3.8) is 0 Å². The topological polar surface area (TPSA) is 127 Å². The highest BCUT2D eigenvalue weighted by molar-refractivity contribution is 7.89. The first kappa shape index (κ1) is 23.0. The van der Waals surface area contributed by atoms with Gasteiger partial charge in [0.2, 0.25) is 10.0 Å². The zero-order chi connectivity index (χ0) is 21.6.